The number of benzene rings is 1. The Bertz CT molecular complexity index is 411. The molecule has 1 aliphatic heterocycles. The number of aromatic hydroxyl groups is 1. The van der Waals surface area contributed by atoms with Crippen molar-refractivity contribution in [1.82, 2.24) is 4.90 Å². The summed E-state index contributed by atoms with van der Waals surface area (Å²) in [6, 6.07) is 5.07. The summed E-state index contributed by atoms with van der Waals surface area (Å²) in [5, 5.41) is 19.0. The van der Waals surface area contributed by atoms with Crippen LogP contribution in [0, 0.1) is 0 Å². The van der Waals surface area contributed by atoms with Crippen LogP contribution < -0.4 is 5.73 Å². The fourth-order valence-electron chi connectivity index (χ4n) is 2.34. The summed E-state index contributed by atoms with van der Waals surface area (Å²) in [6.45, 7) is 4.05. The molecular weight excluding hydrogens is 232 g/mol. The summed E-state index contributed by atoms with van der Waals surface area (Å²) < 4.78 is 5.58. The van der Waals surface area contributed by atoms with Gasteiger partial charge in [0.2, 0.25) is 0 Å². The highest BCUT2D eigenvalue weighted by Crippen LogP contribution is 2.23. The lowest BCUT2D eigenvalue weighted by molar-refractivity contribution is -0.0973. The van der Waals surface area contributed by atoms with Crippen molar-refractivity contribution in [3.05, 3.63) is 23.8 Å². The zero-order chi connectivity index (χ0) is 13.1. The first-order valence-corrected chi connectivity index (χ1v) is 6.14. The molecule has 0 amide bonds. The Balaban J connectivity index is 2.06. The van der Waals surface area contributed by atoms with E-state index < -0.39 is 0 Å². The highest BCUT2D eigenvalue weighted by Gasteiger charge is 2.25. The van der Waals surface area contributed by atoms with Gasteiger partial charge in [0.1, 0.15) is 5.75 Å². The predicted octanol–water partition coefficient (Wildman–Crippen LogP) is 0.556. The van der Waals surface area contributed by atoms with Crippen LogP contribution in [0.5, 0.6) is 5.75 Å². The van der Waals surface area contributed by atoms with Crippen molar-refractivity contribution in [3.8, 4) is 5.75 Å². The summed E-state index contributed by atoms with van der Waals surface area (Å²) in [7, 11) is 0. The maximum atomic E-state index is 9.79. The molecule has 2 atom stereocenters. The lowest BCUT2D eigenvalue weighted by Gasteiger charge is -2.36. The summed E-state index contributed by atoms with van der Waals surface area (Å²) in [5.74, 6) is 0.254. The van der Waals surface area contributed by atoms with Crippen LogP contribution in [0.1, 0.15) is 12.5 Å². The second-order valence-electron chi connectivity index (χ2n) is 4.83. The molecule has 5 heteroatoms. The van der Waals surface area contributed by atoms with Crippen molar-refractivity contribution in [3.63, 3.8) is 0 Å². The minimum Gasteiger partial charge on any atom is -0.508 e. The van der Waals surface area contributed by atoms with Crippen LogP contribution in [0.2, 0.25) is 0 Å². The van der Waals surface area contributed by atoms with E-state index in [2.05, 4.69) is 4.90 Å². The number of nitrogen functional groups attached to an aromatic ring is 1. The fourth-order valence-corrected chi connectivity index (χ4v) is 2.34. The first-order chi connectivity index (χ1) is 8.58. The normalized spacial score (nSPS) is 25.2. The molecule has 2 rings (SSSR count). The molecule has 1 aliphatic rings. The van der Waals surface area contributed by atoms with Crippen molar-refractivity contribution in [2.75, 3.05) is 25.4 Å². The van der Waals surface area contributed by atoms with Crippen LogP contribution in [0.25, 0.3) is 0 Å². The molecule has 0 aromatic heterocycles. The van der Waals surface area contributed by atoms with Crippen LogP contribution in [0.3, 0.4) is 0 Å². The number of ether oxygens (including phenoxy) is 1. The van der Waals surface area contributed by atoms with E-state index in [9.17, 15) is 10.2 Å². The number of hydrogen-bond donors (Lipinski definition) is 3. The topological polar surface area (TPSA) is 79.0 Å². The molecule has 100 valence electrons. The molecule has 2 unspecified atom stereocenters. The van der Waals surface area contributed by atoms with Gasteiger partial charge in [-0.05, 0) is 25.1 Å². The number of morpholine rings is 1. The molecule has 4 N–H and O–H groups in total. The van der Waals surface area contributed by atoms with Crippen molar-refractivity contribution in [2.45, 2.75) is 25.7 Å². The van der Waals surface area contributed by atoms with E-state index in [4.69, 9.17) is 10.5 Å². The van der Waals surface area contributed by atoms with Gasteiger partial charge >= 0.3 is 0 Å². The van der Waals surface area contributed by atoms with E-state index in [1.807, 2.05) is 6.92 Å². The lowest BCUT2D eigenvalue weighted by Crippen LogP contribution is -2.47. The summed E-state index contributed by atoms with van der Waals surface area (Å²) in [6.07, 6.45) is -0.0731. The van der Waals surface area contributed by atoms with Crippen LogP contribution in [0.15, 0.2) is 18.2 Å². The van der Waals surface area contributed by atoms with Crippen LogP contribution >= 0.6 is 0 Å². The summed E-state index contributed by atoms with van der Waals surface area (Å²) in [5.41, 5.74) is 7.17. The van der Waals surface area contributed by atoms with Crippen LogP contribution in [-0.4, -0.2) is 47.0 Å². The number of nitrogens with zero attached hydrogens (tertiary/aromatic N) is 1. The Morgan fingerprint density at radius 2 is 2.22 bits per heavy atom. The Hall–Kier alpha value is -1.30. The zero-order valence-corrected chi connectivity index (χ0v) is 10.5. The number of hydrogen-bond acceptors (Lipinski definition) is 5. The number of phenolic OH excluding ortho intramolecular Hbond substituents is 1. The monoisotopic (exact) mass is 252 g/mol. The van der Waals surface area contributed by atoms with E-state index in [1.54, 1.807) is 18.2 Å². The van der Waals surface area contributed by atoms with Gasteiger partial charge < -0.3 is 20.7 Å². The van der Waals surface area contributed by atoms with Crippen LogP contribution in [0.4, 0.5) is 5.69 Å². The third kappa shape index (κ3) is 3.13. The van der Waals surface area contributed by atoms with Gasteiger partial charge in [0.05, 0.1) is 18.8 Å². The van der Waals surface area contributed by atoms with E-state index >= 15 is 0 Å². The number of phenols is 1. The van der Waals surface area contributed by atoms with E-state index in [-0.39, 0.29) is 24.6 Å². The average Bonchev–Trinajstić information content (AvgIpc) is 2.33. The highest BCUT2D eigenvalue weighted by atomic mass is 16.5. The molecule has 0 bridgehead atoms. The van der Waals surface area contributed by atoms with Gasteiger partial charge in [-0.2, -0.15) is 0 Å². The van der Waals surface area contributed by atoms with Crippen molar-refractivity contribution in [1.29, 1.82) is 0 Å². The maximum Gasteiger partial charge on any atom is 0.120 e. The van der Waals surface area contributed by atoms with Gasteiger partial charge in [0, 0.05) is 30.9 Å². The van der Waals surface area contributed by atoms with Gasteiger partial charge in [0.25, 0.3) is 0 Å². The molecule has 5 nitrogen and oxygen atoms in total. The predicted molar refractivity (Wildman–Crippen MR) is 69.2 cm³/mol. The van der Waals surface area contributed by atoms with Crippen molar-refractivity contribution >= 4 is 5.69 Å². The highest BCUT2D eigenvalue weighted by molar-refractivity contribution is 5.47. The molecule has 18 heavy (non-hydrogen) atoms. The molecule has 0 saturated carbocycles. The van der Waals surface area contributed by atoms with E-state index in [0.29, 0.717) is 18.8 Å². The largest absolute Gasteiger partial charge is 0.508 e. The van der Waals surface area contributed by atoms with Gasteiger partial charge in [-0.25, -0.2) is 0 Å². The number of anilines is 1. The molecule has 1 heterocycles. The molecule has 0 spiro atoms. The number of nitrogens with two attached hydrogens (primary N) is 1. The minimum absolute atomic E-state index is 0.0176. The Morgan fingerprint density at radius 3 is 2.94 bits per heavy atom. The number of rotatable bonds is 3. The quantitative estimate of drug-likeness (QED) is 0.541. The van der Waals surface area contributed by atoms with Gasteiger partial charge in [0.15, 0.2) is 0 Å². The van der Waals surface area contributed by atoms with E-state index in [0.717, 1.165) is 12.1 Å². The van der Waals surface area contributed by atoms with Gasteiger partial charge in [-0.15, -0.1) is 0 Å². The smallest absolute Gasteiger partial charge is 0.120 e. The maximum absolute atomic E-state index is 9.79. The van der Waals surface area contributed by atoms with E-state index in [1.165, 1.54) is 0 Å². The second-order valence-corrected chi connectivity index (χ2v) is 4.83. The fraction of sp³-hybridized carbons (Fsp3) is 0.538. The van der Waals surface area contributed by atoms with Crippen molar-refractivity contribution < 1.29 is 14.9 Å². The standard InChI is InChI=1S/C13H20N2O3/c1-9-5-15(7-12(8-16)18-9)6-10-4-11(14)2-3-13(10)17/h2-4,9,12,16-17H,5-8,14H2,1H3. The second kappa shape index (κ2) is 5.56. The van der Waals surface area contributed by atoms with Gasteiger partial charge in [-0.3, -0.25) is 4.90 Å². The Morgan fingerprint density at radius 1 is 1.44 bits per heavy atom. The molecular formula is C13H20N2O3. The average molecular weight is 252 g/mol. The van der Waals surface area contributed by atoms with Crippen molar-refractivity contribution in [2.24, 2.45) is 0 Å². The summed E-state index contributed by atoms with van der Waals surface area (Å²) in [4.78, 5) is 2.16. The van der Waals surface area contributed by atoms with Crippen LogP contribution in [-0.2, 0) is 11.3 Å². The van der Waals surface area contributed by atoms with Gasteiger partial charge in [-0.1, -0.05) is 0 Å². The first kappa shape index (κ1) is 13.1. The third-order valence-electron chi connectivity index (χ3n) is 3.10. The molecule has 1 saturated heterocycles. The summed E-state index contributed by atoms with van der Waals surface area (Å²) >= 11 is 0. The molecule has 0 aliphatic carbocycles. The third-order valence-corrected chi connectivity index (χ3v) is 3.10. The molecule has 1 aromatic carbocycles. The molecule has 0 radical (unpaired) electrons. The lowest BCUT2D eigenvalue weighted by atomic mass is 10.1. The zero-order valence-electron chi connectivity index (χ0n) is 10.5. The number of aliphatic hydroxyl groups is 1. The number of aliphatic hydroxyl groups excluding tert-OH is 1. The first-order valence-electron chi connectivity index (χ1n) is 6.14. The Kier molecular flexibility index (Phi) is 4.06. The minimum atomic E-state index is -0.156. The molecule has 1 fully saturated rings. The Labute approximate surface area is 107 Å². The molecule has 1 aromatic rings. The SMILES string of the molecule is CC1CN(Cc2cc(N)ccc2O)CC(CO)O1.